The average Bonchev–Trinajstić information content (AvgIpc) is 2.90. The molecule has 0 unspecified atom stereocenters. The monoisotopic (exact) mass is 297 g/mol. The number of hydrogen-bond acceptors (Lipinski definition) is 5. The van der Waals surface area contributed by atoms with Crippen LogP contribution in [0.5, 0.6) is 0 Å². The van der Waals surface area contributed by atoms with Crippen LogP contribution in [0, 0.1) is 21.7 Å². The van der Waals surface area contributed by atoms with Gasteiger partial charge in [0.05, 0.1) is 16.8 Å². The fourth-order valence-electron chi connectivity index (χ4n) is 1.87. The first kappa shape index (κ1) is 15.0. The second-order valence-corrected chi connectivity index (χ2v) is 4.39. The molecule has 0 aliphatic rings. The Labute approximate surface area is 118 Å². The Kier molecular flexibility index (Phi) is 4.53. The molecule has 2 rings (SSSR count). The van der Waals surface area contributed by atoms with Gasteiger partial charge in [-0.15, -0.1) is 5.10 Å². The molecule has 0 bridgehead atoms. The average molecular weight is 297 g/mol. The lowest BCUT2D eigenvalue weighted by Gasteiger charge is -2.04. The fourth-order valence-corrected chi connectivity index (χ4v) is 1.87. The van der Waals surface area contributed by atoms with Crippen LogP contribution in [0.25, 0.3) is 5.69 Å². The summed E-state index contributed by atoms with van der Waals surface area (Å²) in [6.07, 6.45) is 3.47. The molecule has 1 aromatic carbocycles. The van der Waals surface area contributed by atoms with Crippen LogP contribution < -0.4 is 5.73 Å². The van der Waals surface area contributed by atoms with E-state index >= 15 is 0 Å². The Morgan fingerprint density at radius 2 is 2.10 bits per heavy atom. The van der Waals surface area contributed by atoms with E-state index in [4.69, 9.17) is 5.73 Å². The van der Waals surface area contributed by atoms with Crippen molar-refractivity contribution < 1.29 is 13.7 Å². The molecular formula is C12H13F2N5O2. The van der Waals surface area contributed by atoms with Gasteiger partial charge in [-0.1, -0.05) is 5.21 Å². The maximum absolute atomic E-state index is 13.8. The number of rotatable bonds is 6. The van der Waals surface area contributed by atoms with Crippen LogP contribution in [-0.4, -0.2) is 26.5 Å². The van der Waals surface area contributed by atoms with Crippen LogP contribution in [0.4, 0.5) is 14.5 Å². The number of nitro benzene ring substituents is 1. The number of aryl methyl sites for hydroxylation is 1. The van der Waals surface area contributed by atoms with E-state index in [-0.39, 0.29) is 0 Å². The molecule has 0 saturated heterocycles. The minimum Gasteiger partial charge on any atom is -0.330 e. The van der Waals surface area contributed by atoms with Crippen LogP contribution in [0.2, 0.25) is 0 Å². The Morgan fingerprint density at radius 3 is 2.76 bits per heavy atom. The maximum atomic E-state index is 13.8. The molecule has 1 aromatic heterocycles. The normalized spacial score (nSPS) is 10.8. The second-order valence-electron chi connectivity index (χ2n) is 4.39. The SMILES string of the molecule is NCCCCc1cn(-c2c([N+](=O)[O-])ccc(F)c2F)nn1. The van der Waals surface area contributed by atoms with E-state index < -0.39 is 27.9 Å². The van der Waals surface area contributed by atoms with E-state index in [1.807, 2.05) is 0 Å². The molecule has 0 saturated carbocycles. The Hall–Kier alpha value is -2.42. The molecule has 112 valence electrons. The number of nitrogens with zero attached hydrogens (tertiary/aromatic N) is 4. The summed E-state index contributed by atoms with van der Waals surface area (Å²) >= 11 is 0. The summed E-state index contributed by atoms with van der Waals surface area (Å²) < 4.78 is 28.0. The van der Waals surface area contributed by atoms with Crippen molar-refractivity contribution in [1.29, 1.82) is 0 Å². The number of unbranched alkanes of at least 4 members (excludes halogenated alkanes) is 1. The number of nitro groups is 1. The highest BCUT2D eigenvalue weighted by Crippen LogP contribution is 2.27. The highest BCUT2D eigenvalue weighted by molar-refractivity contribution is 5.53. The molecule has 9 heteroatoms. The maximum Gasteiger partial charge on any atom is 0.298 e. The number of nitrogens with two attached hydrogens (primary N) is 1. The Bertz CT molecular complexity index is 659. The van der Waals surface area contributed by atoms with Gasteiger partial charge in [0.15, 0.2) is 17.3 Å². The molecule has 0 radical (unpaired) electrons. The van der Waals surface area contributed by atoms with Gasteiger partial charge in [0.1, 0.15) is 0 Å². The standard InChI is InChI=1S/C12H13F2N5O2/c13-9-4-5-10(19(20)21)12(11(9)14)18-7-8(16-17-18)3-1-2-6-15/h4-5,7H,1-3,6,15H2. The third kappa shape index (κ3) is 3.19. The molecule has 0 spiro atoms. The number of hydrogen-bond donors (Lipinski definition) is 1. The molecule has 1 heterocycles. The van der Waals surface area contributed by atoms with Crippen LogP contribution in [0.15, 0.2) is 18.3 Å². The Morgan fingerprint density at radius 1 is 1.33 bits per heavy atom. The van der Waals surface area contributed by atoms with Crippen LogP contribution >= 0.6 is 0 Å². The molecule has 21 heavy (non-hydrogen) atoms. The van der Waals surface area contributed by atoms with Crippen molar-refractivity contribution in [1.82, 2.24) is 15.0 Å². The van der Waals surface area contributed by atoms with Crippen molar-refractivity contribution >= 4 is 5.69 Å². The van der Waals surface area contributed by atoms with Gasteiger partial charge in [-0.2, -0.15) is 0 Å². The number of benzene rings is 1. The van der Waals surface area contributed by atoms with E-state index in [1.165, 1.54) is 6.20 Å². The van der Waals surface area contributed by atoms with E-state index in [0.29, 0.717) is 24.7 Å². The van der Waals surface area contributed by atoms with Crippen molar-refractivity contribution in [2.45, 2.75) is 19.3 Å². The van der Waals surface area contributed by atoms with Crippen molar-refractivity contribution in [2.24, 2.45) is 5.73 Å². The molecule has 7 nitrogen and oxygen atoms in total. The minimum atomic E-state index is -1.33. The molecular weight excluding hydrogens is 284 g/mol. The van der Waals surface area contributed by atoms with E-state index in [9.17, 15) is 18.9 Å². The van der Waals surface area contributed by atoms with Gasteiger partial charge in [-0.25, -0.2) is 13.5 Å². The fraction of sp³-hybridized carbons (Fsp3) is 0.333. The summed E-state index contributed by atoms with van der Waals surface area (Å²) in [7, 11) is 0. The summed E-state index contributed by atoms with van der Waals surface area (Å²) in [5.41, 5.74) is 4.77. The van der Waals surface area contributed by atoms with Crippen molar-refractivity contribution in [3.63, 3.8) is 0 Å². The predicted molar refractivity (Wildman–Crippen MR) is 69.9 cm³/mol. The zero-order chi connectivity index (χ0) is 15.4. The molecule has 2 aromatic rings. The minimum absolute atomic E-state index is 0.529. The first-order valence-corrected chi connectivity index (χ1v) is 6.28. The molecule has 0 aliphatic heterocycles. The van der Waals surface area contributed by atoms with E-state index in [1.54, 1.807) is 0 Å². The van der Waals surface area contributed by atoms with Crippen LogP contribution in [0.1, 0.15) is 18.5 Å². The Balaban J connectivity index is 2.37. The molecule has 0 atom stereocenters. The van der Waals surface area contributed by atoms with Gasteiger partial charge in [0.2, 0.25) is 0 Å². The highest BCUT2D eigenvalue weighted by atomic mass is 19.2. The predicted octanol–water partition coefficient (Wildman–Crippen LogP) is 1.74. The van der Waals surface area contributed by atoms with Gasteiger partial charge in [-0.3, -0.25) is 10.1 Å². The lowest BCUT2D eigenvalue weighted by atomic mass is 10.2. The summed E-state index contributed by atoms with van der Waals surface area (Å²) in [5, 5.41) is 18.3. The largest absolute Gasteiger partial charge is 0.330 e. The lowest BCUT2D eigenvalue weighted by molar-refractivity contribution is -0.384. The first-order chi connectivity index (χ1) is 10.0. The zero-order valence-electron chi connectivity index (χ0n) is 11.0. The lowest BCUT2D eigenvalue weighted by Crippen LogP contribution is -2.05. The van der Waals surface area contributed by atoms with Gasteiger partial charge >= 0.3 is 0 Å². The summed E-state index contributed by atoms with van der Waals surface area (Å²) in [6, 6.07) is 1.60. The quantitative estimate of drug-likeness (QED) is 0.497. The second kappa shape index (κ2) is 6.35. The van der Waals surface area contributed by atoms with Gasteiger partial charge in [0.25, 0.3) is 5.69 Å². The van der Waals surface area contributed by atoms with Crippen molar-refractivity contribution in [3.8, 4) is 5.69 Å². The summed E-state index contributed by atoms with van der Waals surface area (Å²) in [5.74, 6) is -2.52. The third-order valence-electron chi connectivity index (χ3n) is 2.90. The first-order valence-electron chi connectivity index (χ1n) is 6.28. The summed E-state index contributed by atoms with van der Waals surface area (Å²) in [4.78, 5) is 10.1. The summed E-state index contributed by atoms with van der Waals surface area (Å²) in [6.45, 7) is 0.540. The topological polar surface area (TPSA) is 99.9 Å². The van der Waals surface area contributed by atoms with Gasteiger partial charge in [0, 0.05) is 6.07 Å². The highest BCUT2D eigenvalue weighted by Gasteiger charge is 2.24. The number of aromatic nitrogens is 3. The van der Waals surface area contributed by atoms with Crippen LogP contribution in [-0.2, 0) is 6.42 Å². The van der Waals surface area contributed by atoms with Crippen molar-refractivity contribution in [3.05, 3.63) is 45.8 Å². The molecule has 0 aliphatic carbocycles. The van der Waals surface area contributed by atoms with E-state index in [0.717, 1.165) is 23.6 Å². The zero-order valence-corrected chi connectivity index (χ0v) is 11.0. The smallest absolute Gasteiger partial charge is 0.298 e. The van der Waals surface area contributed by atoms with Crippen molar-refractivity contribution in [2.75, 3.05) is 6.54 Å². The molecule has 0 fully saturated rings. The van der Waals surface area contributed by atoms with Gasteiger partial charge < -0.3 is 5.73 Å². The molecule has 0 amide bonds. The van der Waals surface area contributed by atoms with Gasteiger partial charge in [-0.05, 0) is 31.9 Å². The van der Waals surface area contributed by atoms with Crippen LogP contribution in [0.3, 0.4) is 0 Å². The molecule has 2 N–H and O–H groups in total. The third-order valence-corrected chi connectivity index (χ3v) is 2.90. The van der Waals surface area contributed by atoms with E-state index in [2.05, 4.69) is 10.3 Å². The number of halogens is 2.